The van der Waals surface area contributed by atoms with Crippen LogP contribution in [0.2, 0.25) is 0 Å². The van der Waals surface area contributed by atoms with E-state index in [2.05, 4.69) is 30.9 Å². The Kier molecular flexibility index (Phi) is 3.43. The third-order valence-corrected chi connectivity index (χ3v) is 3.64. The third-order valence-electron chi connectivity index (χ3n) is 3.64. The number of anilines is 1. The Labute approximate surface area is 104 Å². The number of hydrogen-bond acceptors (Lipinski definition) is 2. The van der Waals surface area contributed by atoms with E-state index in [9.17, 15) is 5.11 Å². The molecule has 0 saturated carbocycles. The fraction of sp³-hybridized carbons (Fsp3) is 0.600. The standard InChI is InChI=1S/C15H23NO/c1-12(17)13-5-7-14(8-6-13)16-10-4-9-15(2,3)11-16/h5-8,12,17H,4,9-11H2,1-3H3/t12-/m0/s1. The number of piperidine rings is 1. The molecule has 1 aromatic carbocycles. The van der Waals surface area contributed by atoms with E-state index in [-0.39, 0.29) is 6.10 Å². The van der Waals surface area contributed by atoms with Crippen molar-refractivity contribution in [2.24, 2.45) is 5.41 Å². The highest BCUT2D eigenvalue weighted by atomic mass is 16.3. The van der Waals surface area contributed by atoms with Crippen LogP contribution in [0.3, 0.4) is 0 Å². The summed E-state index contributed by atoms with van der Waals surface area (Å²) < 4.78 is 0. The number of aliphatic hydroxyl groups excluding tert-OH is 1. The average molecular weight is 233 g/mol. The van der Waals surface area contributed by atoms with Crippen molar-refractivity contribution in [1.29, 1.82) is 0 Å². The number of aliphatic hydroxyl groups is 1. The summed E-state index contributed by atoms with van der Waals surface area (Å²) in [5, 5.41) is 9.49. The van der Waals surface area contributed by atoms with Crippen LogP contribution in [0.25, 0.3) is 0 Å². The monoisotopic (exact) mass is 233 g/mol. The Morgan fingerprint density at radius 3 is 2.41 bits per heavy atom. The molecule has 94 valence electrons. The predicted octanol–water partition coefficient (Wildman–Crippen LogP) is 3.37. The van der Waals surface area contributed by atoms with Crippen molar-refractivity contribution in [1.82, 2.24) is 0 Å². The van der Waals surface area contributed by atoms with Crippen molar-refractivity contribution in [2.45, 2.75) is 39.7 Å². The van der Waals surface area contributed by atoms with E-state index >= 15 is 0 Å². The molecule has 2 rings (SSSR count). The van der Waals surface area contributed by atoms with Crippen LogP contribution in [-0.2, 0) is 0 Å². The smallest absolute Gasteiger partial charge is 0.0761 e. The molecule has 1 N–H and O–H groups in total. The molecular formula is C15H23NO. The summed E-state index contributed by atoms with van der Waals surface area (Å²) in [5.41, 5.74) is 2.69. The molecule has 0 spiro atoms. The van der Waals surface area contributed by atoms with Gasteiger partial charge in [0.1, 0.15) is 0 Å². The van der Waals surface area contributed by atoms with Crippen LogP contribution in [0.15, 0.2) is 24.3 Å². The van der Waals surface area contributed by atoms with Gasteiger partial charge in [-0.05, 0) is 42.9 Å². The van der Waals surface area contributed by atoms with Crippen molar-refractivity contribution in [3.8, 4) is 0 Å². The number of hydrogen-bond donors (Lipinski definition) is 1. The van der Waals surface area contributed by atoms with Gasteiger partial charge in [0.2, 0.25) is 0 Å². The first-order valence-electron chi connectivity index (χ1n) is 6.51. The van der Waals surface area contributed by atoms with E-state index < -0.39 is 0 Å². The zero-order valence-corrected chi connectivity index (χ0v) is 11.1. The molecule has 1 aromatic rings. The van der Waals surface area contributed by atoms with Gasteiger partial charge in [0, 0.05) is 18.8 Å². The predicted molar refractivity (Wildman–Crippen MR) is 72.3 cm³/mol. The van der Waals surface area contributed by atoms with E-state index in [0.717, 1.165) is 18.7 Å². The first-order chi connectivity index (χ1) is 7.98. The second-order valence-electron chi connectivity index (χ2n) is 5.96. The second-order valence-corrected chi connectivity index (χ2v) is 5.96. The summed E-state index contributed by atoms with van der Waals surface area (Å²) in [4.78, 5) is 2.45. The molecule has 0 unspecified atom stereocenters. The lowest BCUT2D eigenvalue weighted by Crippen LogP contribution is -2.40. The van der Waals surface area contributed by atoms with Crippen LogP contribution < -0.4 is 4.90 Å². The van der Waals surface area contributed by atoms with Gasteiger partial charge in [-0.2, -0.15) is 0 Å². The highest BCUT2D eigenvalue weighted by molar-refractivity contribution is 5.48. The molecule has 1 saturated heterocycles. The van der Waals surface area contributed by atoms with Gasteiger partial charge in [-0.15, -0.1) is 0 Å². The fourth-order valence-corrected chi connectivity index (χ4v) is 2.61. The molecule has 1 aliphatic rings. The Balaban J connectivity index is 2.12. The number of nitrogens with zero attached hydrogens (tertiary/aromatic N) is 1. The molecule has 1 heterocycles. The highest BCUT2D eigenvalue weighted by Crippen LogP contribution is 2.31. The summed E-state index contributed by atoms with van der Waals surface area (Å²) in [7, 11) is 0. The molecule has 2 heteroatoms. The molecule has 1 aliphatic heterocycles. The topological polar surface area (TPSA) is 23.5 Å². The minimum Gasteiger partial charge on any atom is -0.389 e. The molecule has 1 fully saturated rings. The maximum atomic E-state index is 9.49. The van der Waals surface area contributed by atoms with Crippen LogP contribution in [-0.4, -0.2) is 18.2 Å². The summed E-state index contributed by atoms with van der Waals surface area (Å²) >= 11 is 0. The Morgan fingerprint density at radius 1 is 1.24 bits per heavy atom. The molecule has 0 radical (unpaired) electrons. The molecule has 0 bridgehead atoms. The molecule has 0 aliphatic carbocycles. The van der Waals surface area contributed by atoms with Crippen LogP contribution in [0.4, 0.5) is 5.69 Å². The largest absolute Gasteiger partial charge is 0.389 e. The summed E-state index contributed by atoms with van der Waals surface area (Å²) in [5.74, 6) is 0. The van der Waals surface area contributed by atoms with Crippen LogP contribution in [0, 0.1) is 5.41 Å². The highest BCUT2D eigenvalue weighted by Gasteiger charge is 2.26. The number of benzene rings is 1. The van der Waals surface area contributed by atoms with Gasteiger partial charge in [-0.3, -0.25) is 0 Å². The first kappa shape index (κ1) is 12.4. The Hall–Kier alpha value is -1.02. The molecular weight excluding hydrogens is 210 g/mol. The molecule has 0 aromatic heterocycles. The van der Waals surface area contributed by atoms with Gasteiger partial charge < -0.3 is 10.0 Å². The lowest BCUT2D eigenvalue weighted by molar-refractivity contribution is 0.199. The zero-order valence-electron chi connectivity index (χ0n) is 11.1. The molecule has 0 amide bonds. The quantitative estimate of drug-likeness (QED) is 0.846. The molecule has 2 nitrogen and oxygen atoms in total. The second kappa shape index (κ2) is 4.69. The lowest BCUT2D eigenvalue weighted by atomic mass is 9.84. The van der Waals surface area contributed by atoms with Gasteiger partial charge in [-0.25, -0.2) is 0 Å². The number of rotatable bonds is 2. The molecule has 1 atom stereocenters. The van der Waals surface area contributed by atoms with Crippen LogP contribution in [0.5, 0.6) is 0 Å². The van der Waals surface area contributed by atoms with E-state index in [1.807, 2.05) is 12.1 Å². The van der Waals surface area contributed by atoms with Crippen molar-refractivity contribution in [3.05, 3.63) is 29.8 Å². The molecule has 17 heavy (non-hydrogen) atoms. The lowest BCUT2D eigenvalue weighted by Gasteiger charge is -2.39. The maximum Gasteiger partial charge on any atom is 0.0761 e. The van der Waals surface area contributed by atoms with Crippen LogP contribution in [0.1, 0.15) is 45.3 Å². The summed E-state index contributed by atoms with van der Waals surface area (Å²) in [6, 6.07) is 8.32. The van der Waals surface area contributed by atoms with Crippen LogP contribution >= 0.6 is 0 Å². The van der Waals surface area contributed by atoms with Gasteiger partial charge in [0.05, 0.1) is 6.10 Å². The Morgan fingerprint density at radius 2 is 1.88 bits per heavy atom. The normalized spacial score (nSPS) is 21.3. The summed E-state index contributed by atoms with van der Waals surface area (Å²) in [6.07, 6.45) is 2.21. The van der Waals surface area contributed by atoms with E-state index in [1.54, 1.807) is 6.92 Å². The van der Waals surface area contributed by atoms with Gasteiger partial charge in [-0.1, -0.05) is 26.0 Å². The third kappa shape index (κ3) is 3.01. The van der Waals surface area contributed by atoms with E-state index in [0.29, 0.717) is 5.41 Å². The SMILES string of the molecule is C[C@H](O)c1ccc(N2CCCC(C)(C)C2)cc1. The fourth-order valence-electron chi connectivity index (χ4n) is 2.61. The van der Waals surface area contributed by atoms with Crippen molar-refractivity contribution >= 4 is 5.69 Å². The van der Waals surface area contributed by atoms with Gasteiger partial charge in [0.25, 0.3) is 0 Å². The van der Waals surface area contributed by atoms with Gasteiger partial charge in [0.15, 0.2) is 0 Å². The van der Waals surface area contributed by atoms with Crippen molar-refractivity contribution in [2.75, 3.05) is 18.0 Å². The van der Waals surface area contributed by atoms with Crippen molar-refractivity contribution < 1.29 is 5.11 Å². The average Bonchev–Trinajstić information content (AvgIpc) is 2.28. The van der Waals surface area contributed by atoms with Gasteiger partial charge >= 0.3 is 0 Å². The Bertz CT molecular complexity index is 367. The zero-order chi connectivity index (χ0) is 12.5. The first-order valence-corrected chi connectivity index (χ1v) is 6.51. The minimum atomic E-state index is -0.373. The van der Waals surface area contributed by atoms with E-state index in [1.165, 1.54) is 18.5 Å². The van der Waals surface area contributed by atoms with Crippen molar-refractivity contribution in [3.63, 3.8) is 0 Å². The minimum absolute atomic E-state index is 0.373. The summed E-state index contributed by atoms with van der Waals surface area (Å²) in [6.45, 7) is 8.75. The maximum absolute atomic E-state index is 9.49. The van der Waals surface area contributed by atoms with E-state index in [4.69, 9.17) is 0 Å².